The Hall–Kier alpha value is -0.960. The molecule has 1 unspecified atom stereocenters. The minimum absolute atomic E-state index is 0.0872. The van der Waals surface area contributed by atoms with E-state index in [-0.39, 0.29) is 11.6 Å². The van der Waals surface area contributed by atoms with Gasteiger partial charge in [0.25, 0.3) is 0 Å². The van der Waals surface area contributed by atoms with Crippen LogP contribution in [0.15, 0.2) is 18.2 Å². The Labute approximate surface area is 136 Å². The Bertz CT molecular complexity index is 497. The molecule has 1 rings (SSSR count). The van der Waals surface area contributed by atoms with E-state index in [1.165, 1.54) is 6.07 Å². The zero-order chi connectivity index (χ0) is 15.1. The smallest absolute Gasteiger partial charge is 0.337 e. The number of anilines is 1. The molecule has 3 N–H and O–H groups in total. The van der Waals surface area contributed by atoms with Crippen molar-refractivity contribution in [2.45, 2.75) is 6.92 Å². The molecule has 1 atom stereocenters. The lowest BCUT2D eigenvalue weighted by atomic mass is 10.2. The number of halogens is 1. The second-order valence-electron chi connectivity index (χ2n) is 4.39. The molecular formula is C13H17IN2O3S. The Morgan fingerprint density at radius 2 is 2.15 bits per heavy atom. The van der Waals surface area contributed by atoms with Crippen LogP contribution in [-0.4, -0.2) is 35.7 Å². The Morgan fingerprint density at radius 1 is 1.45 bits per heavy atom. The SMILES string of the molecule is CSCC(C)CNC(=O)Nc1ccc(I)cc1C(=O)O. The first kappa shape index (κ1) is 17.1. The maximum Gasteiger partial charge on any atom is 0.337 e. The summed E-state index contributed by atoms with van der Waals surface area (Å²) in [5, 5.41) is 14.4. The summed E-state index contributed by atoms with van der Waals surface area (Å²) in [6, 6.07) is 4.48. The number of benzene rings is 1. The van der Waals surface area contributed by atoms with Crippen LogP contribution in [0, 0.1) is 9.49 Å². The molecule has 0 aliphatic carbocycles. The first-order valence-electron chi connectivity index (χ1n) is 6.00. The van der Waals surface area contributed by atoms with E-state index < -0.39 is 5.97 Å². The number of aromatic carboxylic acids is 1. The van der Waals surface area contributed by atoms with Crippen molar-refractivity contribution in [3.63, 3.8) is 0 Å². The lowest BCUT2D eigenvalue weighted by Crippen LogP contribution is -2.33. The highest BCUT2D eigenvalue weighted by molar-refractivity contribution is 14.1. The molecule has 5 nitrogen and oxygen atoms in total. The van der Waals surface area contributed by atoms with Gasteiger partial charge in [0.1, 0.15) is 0 Å². The van der Waals surface area contributed by atoms with Crippen LogP contribution < -0.4 is 10.6 Å². The van der Waals surface area contributed by atoms with E-state index in [2.05, 4.69) is 10.6 Å². The molecule has 20 heavy (non-hydrogen) atoms. The van der Waals surface area contributed by atoms with Crippen molar-refractivity contribution >= 4 is 52.0 Å². The fourth-order valence-electron chi connectivity index (χ4n) is 1.58. The normalized spacial score (nSPS) is 11.8. The highest BCUT2D eigenvalue weighted by atomic mass is 127. The third-order valence-electron chi connectivity index (χ3n) is 2.52. The van der Waals surface area contributed by atoms with Crippen molar-refractivity contribution < 1.29 is 14.7 Å². The molecule has 1 aromatic carbocycles. The van der Waals surface area contributed by atoms with Crippen molar-refractivity contribution in [3.05, 3.63) is 27.3 Å². The summed E-state index contributed by atoms with van der Waals surface area (Å²) in [4.78, 5) is 22.9. The van der Waals surface area contributed by atoms with E-state index in [1.807, 2.05) is 35.8 Å². The van der Waals surface area contributed by atoms with Crippen molar-refractivity contribution in [1.82, 2.24) is 5.32 Å². The second kappa shape index (κ2) is 8.35. The molecule has 0 heterocycles. The molecule has 0 radical (unpaired) electrons. The summed E-state index contributed by atoms with van der Waals surface area (Å²) in [7, 11) is 0. The number of carboxylic acid groups (broad SMARTS) is 1. The molecule has 0 aliphatic rings. The van der Waals surface area contributed by atoms with Crippen LogP contribution in [0.25, 0.3) is 0 Å². The fraction of sp³-hybridized carbons (Fsp3) is 0.385. The van der Waals surface area contributed by atoms with Crippen LogP contribution in [0.2, 0.25) is 0 Å². The zero-order valence-corrected chi connectivity index (χ0v) is 14.2. The minimum Gasteiger partial charge on any atom is -0.478 e. The van der Waals surface area contributed by atoms with Gasteiger partial charge in [0.05, 0.1) is 11.3 Å². The van der Waals surface area contributed by atoms with Gasteiger partial charge in [-0.25, -0.2) is 9.59 Å². The second-order valence-corrected chi connectivity index (χ2v) is 6.55. The molecule has 0 aliphatic heterocycles. The summed E-state index contributed by atoms with van der Waals surface area (Å²) in [6.45, 7) is 2.60. The lowest BCUT2D eigenvalue weighted by molar-refractivity contribution is 0.0698. The third kappa shape index (κ3) is 5.58. The number of nitrogens with one attached hydrogen (secondary N) is 2. The number of urea groups is 1. The van der Waals surface area contributed by atoms with Crippen LogP contribution in [0.1, 0.15) is 17.3 Å². The Kier molecular flexibility index (Phi) is 7.14. The van der Waals surface area contributed by atoms with Gasteiger partial charge in [-0.2, -0.15) is 11.8 Å². The largest absolute Gasteiger partial charge is 0.478 e. The quantitative estimate of drug-likeness (QED) is 0.633. The van der Waals surface area contributed by atoms with E-state index in [0.29, 0.717) is 18.2 Å². The fourth-order valence-corrected chi connectivity index (χ4v) is 2.76. The van der Waals surface area contributed by atoms with Gasteiger partial charge in [-0.1, -0.05) is 6.92 Å². The van der Waals surface area contributed by atoms with Crippen molar-refractivity contribution in [2.24, 2.45) is 5.92 Å². The van der Waals surface area contributed by atoms with Gasteiger partial charge in [-0.3, -0.25) is 0 Å². The number of thioether (sulfide) groups is 1. The average molecular weight is 408 g/mol. The van der Waals surface area contributed by atoms with Gasteiger partial charge < -0.3 is 15.7 Å². The maximum atomic E-state index is 11.8. The number of amides is 2. The number of carbonyl (C=O) groups excluding carboxylic acids is 1. The van der Waals surface area contributed by atoms with E-state index in [4.69, 9.17) is 5.11 Å². The monoisotopic (exact) mass is 408 g/mol. The highest BCUT2D eigenvalue weighted by Gasteiger charge is 2.13. The summed E-state index contributed by atoms with van der Waals surface area (Å²) < 4.78 is 0.805. The lowest BCUT2D eigenvalue weighted by Gasteiger charge is -2.13. The van der Waals surface area contributed by atoms with Crippen LogP contribution in [0.3, 0.4) is 0 Å². The number of rotatable bonds is 6. The Morgan fingerprint density at radius 3 is 2.75 bits per heavy atom. The predicted octanol–water partition coefficient (Wildman–Crippen LogP) is 3.11. The highest BCUT2D eigenvalue weighted by Crippen LogP contribution is 2.18. The zero-order valence-electron chi connectivity index (χ0n) is 11.3. The van der Waals surface area contributed by atoms with Crippen LogP contribution >= 0.6 is 34.4 Å². The van der Waals surface area contributed by atoms with E-state index in [0.717, 1.165) is 9.32 Å². The number of hydrogen-bond donors (Lipinski definition) is 3. The molecule has 0 spiro atoms. The van der Waals surface area contributed by atoms with Crippen LogP contribution in [0.4, 0.5) is 10.5 Å². The number of carboxylic acids is 1. The predicted molar refractivity (Wildman–Crippen MR) is 90.7 cm³/mol. The summed E-state index contributed by atoms with van der Waals surface area (Å²) in [6.07, 6.45) is 2.02. The molecule has 0 fully saturated rings. The van der Waals surface area contributed by atoms with Gasteiger partial charge in [-0.05, 0) is 58.7 Å². The first-order chi connectivity index (χ1) is 9.43. The molecule has 0 saturated carbocycles. The van der Waals surface area contributed by atoms with Crippen molar-refractivity contribution in [2.75, 3.05) is 23.9 Å². The summed E-state index contributed by atoms with van der Waals surface area (Å²) >= 11 is 3.75. The van der Waals surface area contributed by atoms with Gasteiger partial charge in [0, 0.05) is 10.1 Å². The first-order valence-corrected chi connectivity index (χ1v) is 8.48. The molecular weight excluding hydrogens is 391 g/mol. The molecule has 0 saturated heterocycles. The van der Waals surface area contributed by atoms with Gasteiger partial charge >= 0.3 is 12.0 Å². The van der Waals surface area contributed by atoms with E-state index in [1.54, 1.807) is 23.9 Å². The van der Waals surface area contributed by atoms with Gasteiger partial charge in [0.15, 0.2) is 0 Å². The van der Waals surface area contributed by atoms with E-state index >= 15 is 0 Å². The standard InChI is InChI=1S/C13H17IN2O3S/c1-8(7-20-2)6-15-13(19)16-11-4-3-9(14)5-10(11)12(17)18/h3-5,8H,6-7H2,1-2H3,(H,17,18)(H2,15,16,19). The van der Waals surface area contributed by atoms with Crippen LogP contribution in [0.5, 0.6) is 0 Å². The third-order valence-corrected chi connectivity index (χ3v) is 4.10. The van der Waals surface area contributed by atoms with Crippen LogP contribution in [-0.2, 0) is 0 Å². The topological polar surface area (TPSA) is 78.4 Å². The summed E-state index contributed by atoms with van der Waals surface area (Å²) in [5.41, 5.74) is 0.386. The van der Waals surface area contributed by atoms with E-state index in [9.17, 15) is 9.59 Å². The number of hydrogen-bond acceptors (Lipinski definition) is 3. The molecule has 7 heteroatoms. The minimum atomic E-state index is -1.06. The molecule has 0 aromatic heterocycles. The molecule has 1 aromatic rings. The maximum absolute atomic E-state index is 11.8. The van der Waals surface area contributed by atoms with Gasteiger partial charge in [0.2, 0.25) is 0 Å². The van der Waals surface area contributed by atoms with Crippen molar-refractivity contribution in [1.29, 1.82) is 0 Å². The van der Waals surface area contributed by atoms with Crippen molar-refractivity contribution in [3.8, 4) is 0 Å². The Balaban J connectivity index is 2.64. The average Bonchev–Trinajstić information content (AvgIpc) is 2.38. The molecule has 2 amide bonds. The molecule has 0 bridgehead atoms. The molecule has 110 valence electrons. The summed E-state index contributed by atoms with van der Waals surface area (Å²) in [5.74, 6) is 0.269. The number of carbonyl (C=O) groups is 2. The van der Waals surface area contributed by atoms with Gasteiger partial charge in [-0.15, -0.1) is 0 Å².